The van der Waals surface area contributed by atoms with Crippen LogP contribution in [0.2, 0.25) is 0 Å². The second-order valence-corrected chi connectivity index (χ2v) is 7.38. The van der Waals surface area contributed by atoms with E-state index in [0.717, 1.165) is 37.3 Å². The molecule has 2 N–H and O–H groups in total. The standard InChI is InChI=1S/C20H29N3O2/c1-15(17-4-2-10-21-14-17)12-19(24)22-13-16-6-8-18(9-7-16)23-11-3-5-20(23)25/h6-9,15,17,21H,2-5,10-14H2,1H3,(H,22,24). The first-order chi connectivity index (χ1) is 12.1. The summed E-state index contributed by atoms with van der Waals surface area (Å²) in [4.78, 5) is 25.8. The molecule has 0 saturated carbocycles. The third-order valence-electron chi connectivity index (χ3n) is 5.46. The van der Waals surface area contributed by atoms with Crippen LogP contribution in [-0.4, -0.2) is 31.4 Å². The van der Waals surface area contributed by atoms with Crippen molar-refractivity contribution in [2.75, 3.05) is 24.5 Å². The maximum Gasteiger partial charge on any atom is 0.227 e. The first kappa shape index (κ1) is 17.9. The molecule has 0 aromatic heterocycles. The minimum atomic E-state index is 0.122. The Hall–Kier alpha value is -1.88. The van der Waals surface area contributed by atoms with Gasteiger partial charge < -0.3 is 15.5 Å². The van der Waals surface area contributed by atoms with Gasteiger partial charge in [-0.05, 0) is 61.9 Å². The van der Waals surface area contributed by atoms with Crippen LogP contribution < -0.4 is 15.5 Å². The monoisotopic (exact) mass is 343 g/mol. The van der Waals surface area contributed by atoms with Crippen molar-refractivity contribution in [1.82, 2.24) is 10.6 Å². The molecule has 2 amide bonds. The van der Waals surface area contributed by atoms with E-state index < -0.39 is 0 Å². The van der Waals surface area contributed by atoms with Gasteiger partial charge in [-0.2, -0.15) is 0 Å². The highest BCUT2D eigenvalue weighted by atomic mass is 16.2. The summed E-state index contributed by atoms with van der Waals surface area (Å²) >= 11 is 0. The molecule has 25 heavy (non-hydrogen) atoms. The normalized spacial score (nSPS) is 22.0. The molecule has 5 heteroatoms. The third-order valence-corrected chi connectivity index (χ3v) is 5.46. The molecule has 2 unspecified atom stereocenters. The van der Waals surface area contributed by atoms with Gasteiger partial charge in [0.1, 0.15) is 0 Å². The summed E-state index contributed by atoms with van der Waals surface area (Å²) in [5, 5.41) is 6.45. The summed E-state index contributed by atoms with van der Waals surface area (Å²) < 4.78 is 0. The van der Waals surface area contributed by atoms with Gasteiger partial charge in [0.2, 0.25) is 11.8 Å². The average molecular weight is 343 g/mol. The van der Waals surface area contributed by atoms with E-state index in [-0.39, 0.29) is 11.8 Å². The third kappa shape index (κ3) is 4.82. The molecule has 2 aliphatic heterocycles. The molecule has 0 radical (unpaired) electrons. The van der Waals surface area contributed by atoms with Crippen molar-refractivity contribution in [3.05, 3.63) is 29.8 Å². The van der Waals surface area contributed by atoms with Gasteiger partial charge in [-0.25, -0.2) is 0 Å². The van der Waals surface area contributed by atoms with Gasteiger partial charge in [0.15, 0.2) is 0 Å². The van der Waals surface area contributed by atoms with Crippen molar-refractivity contribution in [2.24, 2.45) is 11.8 Å². The minimum absolute atomic E-state index is 0.122. The average Bonchev–Trinajstić information content (AvgIpc) is 3.07. The zero-order valence-electron chi connectivity index (χ0n) is 15.1. The van der Waals surface area contributed by atoms with E-state index in [1.54, 1.807) is 0 Å². The van der Waals surface area contributed by atoms with Gasteiger partial charge in [-0.3, -0.25) is 9.59 Å². The van der Waals surface area contributed by atoms with E-state index in [0.29, 0.717) is 31.2 Å². The summed E-state index contributed by atoms with van der Waals surface area (Å²) in [6, 6.07) is 7.94. The van der Waals surface area contributed by atoms with Gasteiger partial charge in [0, 0.05) is 31.6 Å². The van der Waals surface area contributed by atoms with Gasteiger partial charge in [0.05, 0.1) is 0 Å². The van der Waals surface area contributed by atoms with Crippen LogP contribution in [-0.2, 0) is 16.1 Å². The number of benzene rings is 1. The van der Waals surface area contributed by atoms with Gasteiger partial charge in [-0.15, -0.1) is 0 Å². The van der Waals surface area contributed by atoms with E-state index in [2.05, 4.69) is 17.6 Å². The fourth-order valence-corrected chi connectivity index (χ4v) is 3.81. The van der Waals surface area contributed by atoms with Crippen LogP contribution in [0.25, 0.3) is 0 Å². The lowest BCUT2D eigenvalue weighted by molar-refractivity contribution is -0.122. The number of nitrogens with one attached hydrogen (secondary N) is 2. The molecule has 2 fully saturated rings. The molecular weight excluding hydrogens is 314 g/mol. The highest BCUT2D eigenvalue weighted by Gasteiger charge is 2.22. The van der Waals surface area contributed by atoms with E-state index >= 15 is 0 Å². The number of piperidine rings is 1. The Bertz CT molecular complexity index is 593. The number of rotatable bonds is 6. The van der Waals surface area contributed by atoms with Crippen molar-refractivity contribution in [1.29, 1.82) is 0 Å². The predicted octanol–water partition coefficient (Wildman–Crippen LogP) is 2.46. The molecule has 3 rings (SSSR count). The molecule has 2 saturated heterocycles. The van der Waals surface area contributed by atoms with E-state index in [1.807, 2.05) is 29.2 Å². The second kappa shape index (κ2) is 8.48. The van der Waals surface area contributed by atoms with Crippen LogP contribution in [0.3, 0.4) is 0 Å². The van der Waals surface area contributed by atoms with Gasteiger partial charge in [-0.1, -0.05) is 19.1 Å². The number of nitrogens with zero attached hydrogens (tertiary/aromatic N) is 1. The molecule has 0 aliphatic carbocycles. The summed E-state index contributed by atoms with van der Waals surface area (Å²) in [5.41, 5.74) is 2.02. The molecule has 136 valence electrons. The molecule has 2 heterocycles. The maximum absolute atomic E-state index is 12.2. The fourth-order valence-electron chi connectivity index (χ4n) is 3.81. The Balaban J connectivity index is 1.44. The first-order valence-corrected chi connectivity index (χ1v) is 9.50. The van der Waals surface area contributed by atoms with E-state index in [9.17, 15) is 9.59 Å². The number of amides is 2. The second-order valence-electron chi connectivity index (χ2n) is 7.38. The minimum Gasteiger partial charge on any atom is -0.352 e. The maximum atomic E-state index is 12.2. The van der Waals surface area contributed by atoms with Crippen LogP contribution in [0.5, 0.6) is 0 Å². The zero-order valence-corrected chi connectivity index (χ0v) is 15.1. The van der Waals surface area contributed by atoms with Gasteiger partial charge in [0.25, 0.3) is 0 Å². The van der Waals surface area contributed by atoms with Crippen molar-refractivity contribution < 1.29 is 9.59 Å². The molecule has 1 aromatic rings. The molecular formula is C20H29N3O2. The Morgan fingerprint density at radius 2 is 2.12 bits per heavy atom. The quantitative estimate of drug-likeness (QED) is 0.834. The Morgan fingerprint density at radius 3 is 2.76 bits per heavy atom. The number of carbonyl (C=O) groups is 2. The Kier molecular flexibility index (Phi) is 6.08. The molecule has 2 aliphatic rings. The number of hydrogen-bond donors (Lipinski definition) is 2. The van der Waals surface area contributed by atoms with Crippen molar-refractivity contribution in [3.63, 3.8) is 0 Å². The smallest absolute Gasteiger partial charge is 0.227 e. The molecule has 1 aromatic carbocycles. The van der Waals surface area contributed by atoms with Crippen LogP contribution >= 0.6 is 0 Å². The van der Waals surface area contributed by atoms with Crippen molar-refractivity contribution in [2.45, 2.75) is 45.6 Å². The zero-order chi connectivity index (χ0) is 17.6. The van der Waals surface area contributed by atoms with E-state index in [1.165, 1.54) is 12.8 Å². The summed E-state index contributed by atoms with van der Waals surface area (Å²) in [6.45, 7) is 5.67. The van der Waals surface area contributed by atoms with Crippen molar-refractivity contribution in [3.8, 4) is 0 Å². The summed E-state index contributed by atoms with van der Waals surface area (Å²) in [6.07, 6.45) is 4.60. The highest BCUT2D eigenvalue weighted by Crippen LogP contribution is 2.23. The van der Waals surface area contributed by atoms with Crippen LogP contribution in [0.1, 0.15) is 44.6 Å². The lowest BCUT2D eigenvalue weighted by Crippen LogP contribution is -2.35. The lowest BCUT2D eigenvalue weighted by Gasteiger charge is -2.28. The summed E-state index contributed by atoms with van der Waals surface area (Å²) in [7, 11) is 0. The Morgan fingerprint density at radius 1 is 1.32 bits per heavy atom. The largest absolute Gasteiger partial charge is 0.352 e. The fraction of sp³-hybridized carbons (Fsp3) is 0.600. The lowest BCUT2D eigenvalue weighted by atomic mass is 9.85. The number of carbonyl (C=O) groups excluding carboxylic acids is 2. The number of hydrogen-bond acceptors (Lipinski definition) is 3. The topological polar surface area (TPSA) is 61.4 Å². The summed E-state index contributed by atoms with van der Waals surface area (Å²) in [5.74, 6) is 1.34. The van der Waals surface area contributed by atoms with Crippen LogP contribution in [0.15, 0.2) is 24.3 Å². The number of anilines is 1. The molecule has 5 nitrogen and oxygen atoms in total. The van der Waals surface area contributed by atoms with Crippen LogP contribution in [0, 0.1) is 11.8 Å². The molecule has 0 bridgehead atoms. The predicted molar refractivity (Wildman–Crippen MR) is 99.3 cm³/mol. The molecule has 0 spiro atoms. The highest BCUT2D eigenvalue weighted by molar-refractivity contribution is 5.95. The Labute approximate surface area is 150 Å². The van der Waals surface area contributed by atoms with Crippen LogP contribution in [0.4, 0.5) is 5.69 Å². The van der Waals surface area contributed by atoms with E-state index in [4.69, 9.17) is 0 Å². The SMILES string of the molecule is CC(CC(=O)NCc1ccc(N2CCCC2=O)cc1)C1CCCNC1. The first-order valence-electron chi connectivity index (χ1n) is 9.50. The van der Waals surface area contributed by atoms with Gasteiger partial charge >= 0.3 is 0 Å². The molecule has 2 atom stereocenters. The van der Waals surface area contributed by atoms with Crippen molar-refractivity contribution >= 4 is 17.5 Å².